The van der Waals surface area contributed by atoms with Crippen LogP contribution in [0.25, 0.3) is 0 Å². The summed E-state index contributed by atoms with van der Waals surface area (Å²) in [6.07, 6.45) is -0.316. The Morgan fingerprint density at radius 1 is 1.25 bits per heavy atom. The molecule has 0 saturated carbocycles. The number of ketones is 1. The lowest BCUT2D eigenvalue weighted by Crippen LogP contribution is -2.47. The van der Waals surface area contributed by atoms with E-state index in [4.69, 9.17) is 9.47 Å². The maximum Gasteiger partial charge on any atom is 0.337 e. The number of esters is 1. The number of rotatable bonds is 1. The van der Waals surface area contributed by atoms with E-state index in [1.54, 1.807) is 12.1 Å². The zero-order valence-corrected chi connectivity index (χ0v) is 14.3. The summed E-state index contributed by atoms with van der Waals surface area (Å²) in [7, 11) is 0. The van der Waals surface area contributed by atoms with Crippen LogP contribution in [-0.4, -0.2) is 36.8 Å². The summed E-state index contributed by atoms with van der Waals surface area (Å²) < 4.78 is 24.5. The molecule has 0 radical (unpaired) electrons. The van der Waals surface area contributed by atoms with Crippen LogP contribution in [0.1, 0.15) is 18.4 Å². The van der Waals surface area contributed by atoms with Crippen LogP contribution < -0.4 is 0 Å². The van der Waals surface area contributed by atoms with Gasteiger partial charge in [0.2, 0.25) is 0 Å². The van der Waals surface area contributed by atoms with Gasteiger partial charge in [0.05, 0.1) is 33.5 Å². The number of cyclic esters (lactones) is 1. The molecule has 0 spiro atoms. The first-order valence-corrected chi connectivity index (χ1v) is 8.34. The molecule has 24 heavy (non-hydrogen) atoms. The molecule has 1 saturated heterocycles. The fraction of sp³-hybridized carbons (Fsp3) is 0.353. The zero-order valence-electron chi connectivity index (χ0n) is 12.7. The summed E-state index contributed by atoms with van der Waals surface area (Å²) in [6, 6.07) is 4.52. The van der Waals surface area contributed by atoms with Crippen LogP contribution in [0.2, 0.25) is 0 Å². The fourth-order valence-corrected chi connectivity index (χ4v) is 3.91. The second kappa shape index (κ2) is 5.60. The number of nitrogens with zero attached hydrogens (tertiary/aromatic N) is 1. The van der Waals surface area contributed by atoms with Crippen LogP contribution >= 0.6 is 15.9 Å². The Bertz CT molecular complexity index is 832. The molecule has 124 valence electrons. The number of carbonyl (C=O) groups is 2. The Morgan fingerprint density at radius 2 is 2.04 bits per heavy atom. The average molecular weight is 394 g/mol. The third kappa shape index (κ3) is 2.26. The van der Waals surface area contributed by atoms with E-state index in [1.165, 1.54) is 6.07 Å². The second-order valence-electron chi connectivity index (χ2n) is 6.02. The van der Waals surface area contributed by atoms with Crippen LogP contribution in [0.4, 0.5) is 4.39 Å². The maximum atomic E-state index is 13.6. The van der Waals surface area contributed by atoms with Crippen molar-refractivity contribution in [2.75, 3.05) is 13.2 Å². The molecule has 3 unspecified atom stereocenters. The first kappa shape index (κ1) is 15.7. The van der Waals surface area contributed by atoms with Gasteiger partial charge in [-0.1, -0.05) is 6.07 Å². The third-order valence-corrected chi connectivity index (χ3v) is 5.25. The quantitative estimate of drug-likeness (QED) is 0.687. The highest BCUT2D eigenvalue weighted by Crippen LogP contribution is 2.44. The van der Waals surface area contributed by atoms with Crippen molar-refractivity contribution >= 4 is 33.4 Å². The van der Waals surface area contributed by atoms with Gasteiger partial charge < -0.3 is 9.47 Å². The summed E-state index contributed by atoms with van der Waals surface area (Å²) >= 11 is 3.17. The van der Waals surface area contributed by atoms with E-state index in [9.17, 15) is 14.0 Å². The molecule has 0 bridgehead atoms. The van der Waals surface area contributed by atoms with Crippen molar-refractivity contribution in [2.45, 2.75) is 18.9 Å². The Hall–Kier alpha value is -1.86. The van der Waals surface area contributed by atoms with Gasteiger partial charge in [0, 0.05) is 5.92 Å². The van der Waals surface area contributed by atoms with E-state index in [0.29, 0.717) is 22.5 Å². The van der Waals surface area contributed by atoms with Gasteiger partial charge in [-0.3, -0.25) is 9.79 Å². The minimum Gasteiger partial charge on any atom is -0.456 e. The predicted octanol–water partition coefficient (Wildman–Crippen LogP) is 2.54. The number of aliphatic imine (C=N–C) groups is 1. The zero-order chi connectivity index (χ0) is 17.0. The van der Waals surface area contributed by atoms with E-state index in [2.05, 4.69) is 20.9 Å². The number of Topliss-reactive ketones (excluding diaryl/α,β-unsaturated/α-hetero) is 1. The van der Waals surface area contributed by atoms with Crippen molar-refractivity contribution in [3.05, 3.63) is 45.3 Å². The Labute approximate surface area is 145 Å². The smallest absolute Gasteiger partial charge is 0.337 e. The lowest BCUT2D eigenvalue weighted by molar-refractivity contribution is -0.136. The summed E-state index contributed by atoms with van der Waals surface area (Å²) in [5.74, 6) is -2.12. The van der Waals surface area contributed by atoms with Gasteiger partial charge in [0.25, 0.3) is 0 Å². The molecule has 7 heteroatoms. The van der Waals surface area contributed by atoms with Gasteiger partial charge in [0.15, 0.2) is 5.78 Å². The van der Waals surface area contributed by atoms with Gasteiger partial charge >= 0.3 is 5.97 Å². The molecular weight excluding hydrogens is 381 g/mol. The lowest BCUT2D eigenvalue weighted by Gasteiger charge is -2.36. The van der Waals surface area contributed by atoms with E-state index in [0.717, 1.165) is 0 Å². The Balaban J connectivity index is 1.91. The van der Waals surface area contributed by atoms with Crippen LogP contribution in [0.3, 0.4) is 0 Å². The second-order valence-corrected chi connectivity index (χ2v) is 6.88. The molecule has 3 atom stereocenters. The number of carbonyl (C=O) groups excluding carboxylic acids is 2. The SMILES string of the molecule is CC1OCC(=O)C2C1=NC1=C(C(=O)OC1)C2c1ccc(F)c(Br)c1. The topological polar surface area (TPSA) is 65.0 Å². The van der Waals surface area contributed by atoms with Gasteiger partial charge in [-0.25, -0.2) is 9.18 Å². The summed E-state index contributed by atoms with van der Waals surface area (Å²) in [4.78, 5) is 29.2. The number of halogens is 2. The Morgan fingerprint density at radius 3 is 2.79 bits per heavy atom. The first-order chi connectivity index (χ1) is 11.5. The normalized spacial score (nSPS) is 29.1. The molecule has 3 aliphatic rings. The molecule has 3 heterocycles. The molecule has 1 aromatic rings. The lowest BCUT2D eigenvalue weighted by atomic mass is 9.72. The van der Waals surface area contributed by atoms with E-state index >= 15 is 0 Å². The summed E-state index contributed by atoms with van der Waals surface area (Å²) in [6.45, 7) is 1.89. The third-order valence-electron chi connectivity index (χ3n) is 4.64. The summed E-state index contributed by atoms with van der Waals surface area (Å²) in [5, 5.41) is 0. The highest BCUT2D eigenvalue weighted by atomic mass is 79.9. The molecular formula is C17H13BrFNO4. The maximum absolute atomic E-state index is 13.6. The van der Waals surface area contributed by atoms with Crippen molar-refractivity contribution < 1.29 is 23.5 Å². The van der Waals surface area contributed by atoms with Crippen LogP contribution in [-0.2, 0) is 19.1 Å². The highest BCUT2D eigenvalue weighted by molar-refractivity contribution is 9.10. The van der Waals surface area contributed by atoms with Crippen molar-refractivity contribution in [1.82, 2.24) is 0 Å². The van der Waals surface area contributed by atoms with Crippen molar-refractivity contribution in [3.8, 4) is 0 Å². The molecule has 0 aliphatic carbocycles. The van der Waals surface area contributed by atoms with Gasteiger partial charge in [-0.05, 0) is 40.5 Å². The van der Waals surface area contributed by atoms with Gasteiger partial charge in [-0.2, -0.15) is 0 Å². The molecule has 0 aromatic heterocycles. The van der Waals surface area contributed by atoms with E-state index in [1.807, 2.05) is 6.92 Å². The number of benzene rings is 1. The fourth-order valence-electron chi connectivity index (χ4n) is 3.51. The number of ether oxygens (including phenoxy) is 2. The molecule has 0 amide bonds. The van der Waals surface area contributed by atoms with Crippen LogP contribution in [0.15, 0.2) is 38.9 Å². The van der Waals surface area contributed by atoms with Crippen molar-refractivity contribution in [1.29, 1.82) is 0 Å². The number of hydrogen-bond donors (Lipinski definition) is 0. The van der Waals surface area contributed by atoms with Crippen LogP contribution in [0.5, 0.6) is 0 Å². The molecule has 3 aliphatic heterocycles. The monoisotopic (exact) mass is 393 g/mol. The average Bonchev–Trinajstić information content (AvgIpc) is 2.93. The molecule has 5 nitrogen and oxygen atoms in total. The van der Waals surface area contributed by atoms with Gasteiger partial charge in [-0.15, -0.1) is 0 Å². The minimum absolute atomic E-state index is 0.0264. The first-order valence-electron chi connectivity index (χ1n) is 7.55. The Kier molecular flexibility index (Phi) is 3.65. The van der Waals surface area contributed by atoms with Crippen molar-refractivity contribution in [2.24, 2.45) is 10.9 Å². The van der Waals surface area contributed by atoms with E-state index in [-0.39, 0.29) is 29.6 Å². The minimum atomic E-state index is -0.587. The molecule has 4 rings (SSSR count). The number of hydrogen-bond acceptors (Lipinski definition) is 5. The van der Waals surface area contributed by atoms with E-state index < -0.39 is 23.6 Å². The predicted molar refractivity (Wildman–Crippen MR) is 86.2 cm³/mol. The molecule has 1 fully saturated rings. The van der Waals surface area contributed by atoms with Crippen LogP contribution in [0, 0.1) is 11.7 Å². The van der Waals surface area contributed by atoms with Crippen molar-refractivity contribution in [3.63, 3.8) is 0 Å². The molecule has 1 aromatic carbocycles. The summed E-state index contributed by atoms with van der Waals surface area (Å²) in [5.41, 5.74) is 2.20. The standard InChI is InChI=1S/C17H13BrFNO4/c1-7-16-15(12(21)6-23-7)13(8-2-3-10(19)9(18)4-8)14-11(20-16)5-24-17(14)22/h2-4,7,13,15H,5-6H2,1H3. The number of fused-ring (bicyclic) bond motifs is 1. The highest BCUT2D eigenvalue weighted by Gasteiger charge is 2.48. The largest absolute Gasteiger partial charge is 0.456 e. The molecule has 0 N–H and O–H groups in total. The van der Waals surface area contributed by atoms with Gasteiger partial charge in [0.1, 0.15) is 19.0 Å².